The molecule has 1 aliphatic carbocycles. The van der Waals surface area contributed by atoms with Gasteiger partial charge in [-0.05, 0) is 36.6 Å². The number of carbonyl (C=O) groups is 1. The van der Waals surface area contributed by atoms with Crippen molar-refractivity contribution < 1.29 is 4.79 Å². The molecule has 2 aromatic heterocycles. The van der Waals surface area contributed by atoms with Crippen LogP contribution in [0.2, 0.25) is 0 Å². The zero-order valence-corrected chi connectivity index (χ0v) is 13.8. The molecule has 0 spiro atoms. The lowest BCUT2D eigenvalue weighted by molar-refractivity contribution is 0.0618. The summed E-state index contributed by atoms with van der Waals surface area (Å²) in [6.07, 6.45) is 10.0. The number of carbonyl (C=O) groups excluding carboxylic acids is 1. The van der Waals surface area contributed by atoms with Crippen LogP contribution in [-0.2, 0) is 0 Å². The molecule has 1 unspecified atom stereocenters. The van der Waals surface area contributed by atoms with Crippen molar-refractivity contribution in [2.45, 2.75) is 37.8 Å². The van der Waals surface area contributed by atoms with Gasteiger partial charge in [-0.3, -0.25) is 14.5 Å². The van der Waals surface area contributed by atoms with E-state index in [0.29, 0.717) is 12.6 Å². The van der Waals surface area contributed by atoms with E-state index in [1.807, 2.05) is 27.8 Å². The molecule has 126 valence electrons. The van der Waals surface area contributed by atoms with Crippen molar-refractivity contribution in [3.05, 3.63) is 48.0 Å². The summed E-state index contributed by atoms with van der Waals surface area (Å²) < 4.78 is 1.96. The number of piperazine rings is 1. The van der Waals surface area contributed by atoms with E-state index in [2.05, 4.69) is 15.4 Å². The number of hydrogen-bond acceptors (Lipinski definition) is 4. The Balaban J connectivity index is 1.62. The first-order chi connectivity index (χ1) is 11.8. The summed E-state index contributed by atoms with van der Waals surface area (Å²) in [5, 5.41) is 7.85. The van der Waals surface area contributed by atoms with Gasteiger partial charge in [0.25, 0.3) is 5.91 Å². The highest BCUT2D eigenvalue weighted by molar-refractivity contribution is 5.93. The van der Waals surface area contributed by atoms with Gasteiger partial charge >= 0.3 is 0 Å². The summed E-state index contributed by atoms with van der Waals surface area (Å²) in [6.45, 7) is 2.31. The maximum Gasteiger partial charge on any atom is 0.272 e. The van der Waals surface area contributed by atoms with Crippen LogP contribution in [0.5, 0.6) is 0 Å². The molecule has 1 saturated carbocycles. The molecule has 1 N–H and O–H groups in total. The Morgan fingerprint density at radius 2 is 1.92 bits per heavy atom. The van der Waals surface area contributed by atoms with E-state index in [9.17, 15) is 4.79 Å². The van der Waals surface area contributed by atoms with Crippen LogP contribution in [0.25, 0.3) is 0 Å². The van der Waals surface area contributed by atoms with Gasteiger partial charge in [0.2, 0.25) is 0 Å². The van der Waals surface area contributed by atoms with Crippen LogP contribution in [-0.4, -0.2) is 45.2 Å². The van der Waals surface area contributed by atoms with Crippen molar-refractivity contribution in [2.24, 2.45) is 0 Å². The maximum atomic E-state index is 13.2. The number of nitrogens with one attached hydrogen (secondary N) is 1. The van der Waals surface area contributed by atoms with Gasteiger partial charge in [-0.1, -0.05) is 12.8 Å². The lowest BCUT2D eigenvalue weighted by atomic mass is 10.0. The lowest BCUT2D eigenvalue weighted by Crippen LogP contribution is -2.49. The van der Waals surface area contributed by atoms with Crippen molar-refractivity contribution in [2.75, 3.05) is 19.6 Å². The van der Waals surface area contributed by atoms with E-state index < -0.39 is 0 Å². The highest BCUT2D eigenvalue weighted by Gasteiger charge is 2.31. The van der Waals surface area contributed by atoms with Crippen molar-refractivity contribution in [3.63, 3.8) is 0 Å². The van der Waals surface area contributed by atoms with Crippen LogP contribution in [0.3, 0.4) is 0 Å². The van der Waals surface area contributed by atoms with Gasteiger partial charge in [-0.2, -0.15) is 5.10 Å². The third kappa shape index (κ3) is 2.82. The van der Waals surface area contributed by atoms with Crippen LogP contribution in [0.4, 0.5) is 0 Å². The van der Waals surface area contributed by atoms with Gasteiger partial charge in [0, 0.05) is 38.2 Å². The molecule has 1 amide bonds. The molecule has 0 aromatic carbocycles. The average Bonchev–Trinajstić information content (AvgIpc) is 3.33. The fourth-order valence-electron chi connectivity index (χ4n) is 3.90. The average molecular weight is 325 g/mol. The first-order valence-corrected chi connectivity index (χ1v) is 8.80. The number of pyridine rings is 1. The van der Waals surface area contributed by atoms with Gasteiger partial charge in [-0.25, -0.2) is 0 Å². The molecule has 4 rings (SSSR count). The molecule has 3 heterocycles. The molecule has 1 saturated heterocycles. The Morgan fingerprint density at radius 1 is 1.12 bits per heavy atom. The SMILES string of the molecule is O=C(c1ccnn1C1CCCC1)N1CCNCC1c1ccncc1. The van der Waals surface area contributed by atoms with Crippen molar-refractivity contribution >= 4 is 5.91 Å². The largest absolute Gasteiger partial charge is 0.328 e. The minimum Gasteiger partial charge on any atom is -0.328 e. The number of nitrogens with zero attached hydrogens (tertiary/aromatic N) is 4. The predicted octanol–water partition coefficient (Wildman–Crippen LogP) is 2.18. The van der Waals surface area contributed by atoms with Gasteiger partial charge in [0.05, 0.1) is 12.1 Å². The molecule has 6 heteroatoms. The fraction of sp³-hybridized carbons (Fsp3) is 0.500. The second-order valence-corrected chi connectivity index (χ2v) is 6.60. The topological polar surface area (TPSA) is 63.1 Å². The van der Waals surface area contributed by atoms with Gasteiger partial charge in [-0.15, -0.1) is 0 Å². The van der Waals surface area contributed by atoms with Crippen LogP contribution < -0.4 is 5.32 Å². The maximum absolute atomic E-state index is 13.2. The van der Waals surface area contributed by atoms with Crippen molar-refractivity contribution in [1.82, 2.24) is 25.0 Å². The second-order valence-electron chi connectivity index (χ2n) is 6.60. The van der Waals surface area contributed by atoms with E-state index in [4.69, 9.17) is 0 Å². The number of rotatable bonds is 3. The van der Waals surface area contributed by atoms with Crippen molar-refractivity contribution in [1.29, 1.82) is 0 Å². The summed E-state index contributed by atoms with van der Waals surface area (Å²) in [5.74, 6) is 0.0858. The lowest BCUT2D eigenvalue weighted by Gasteiger charge is -2.36. The highest BCUT2D eigenvalue weighted by Crippen LogP contribution is 2.31. The number of hydrogen-bond donors (Lipinski definition) is 1. The van der Waals surface area contributed by atoms with Gasteiger partial charge < -0.3 is 10.2 Å². The molecule has 2 aromatic rings. The summed E-state index contributed by atoms with van der Waals surface area (Å²) in [4.78, 5) is 19.3. The minimum absolute atomic E-state index is 0.0428. The Labute approximate surface area is 141 Å². The first kappa shape index (κ1) is 15.3. The fourth-order valence-corrected chi connectivity index (χ4v) is 3.90. The Kier molecular flexibility index (Phi) is 4.30. The Hall–Kier alpha value is -2.21. The molecule has 0 bridgehead atoms. The summed E-state index contributed by atoms with van der Waals surface area (Å²) >= 11 is 0. The van der Waals surface area contributed by atoms with Gasteiger partial charge in [0.1, 0.15) is 5.69 Å². The third-order valence-corrected chi connectivity index (χ3v) is 5.16. The standard InChI is InChI=1S/C18H23N5O/c24-18(16-7-10-21-23(16)15-3-1-2-4-15)22-12-11-20-13-17(22)14-5-8-19-9-6-14/h5-10,15,17,20H,1-4,11-13H2. The van der Waals surface area contributed by atoms with E-state index in [1.165, 1.54) is 12.8 Å². The molecular weight excluding hydrogens is 302 g/mol. The van der Waals surface area contributed by atoms with E-state index in [0.717, 1.165) is 37.2 Å². The zero-order chi connectivity index (χ0) is 16.4. The summed E-state index contributed by atoms with van der Waals surface area (Å²) in [6, 6.07) is 6.27. The molecule has 0 radical (unpaired) electrons. The molecule has 24 heavy (non-hydrogen) atoms. The quantitative estimate of drug-likeness (QED) is 0.939. The normalized spacial score (nSPS) is 22.0. The van der Waals surface area contributed by atoms with Crippen LogP contribution >= 0.6 is 0 Å². The zero-order valence-electron chi connectivity index (χ0n) is 13.8. The summed E-state index contributed by atoms with van der Waals surface area (Å²) in [5.41, 5.74) is 1.85. The number of amides is 1. The minimum atomic E-state index is 0.0428. The molecule has 2 fully saturated rings. The predicted molar refractivity (Wildman–Crippen MR) is 90.6 cm³/mol. The molecule has 6 nitrogen and oxygen atoms in total. The summed E-state index contributed by atoms with van der Waals surface area (Å²) in [7, 11) is 0. The Morgan fingerprint density at radius 3 is 2.71 bits per heavy atom. The third-order valence-electron chi connectivity index (χ3n) is 5.16. The molecule has 1 aliphatic heterocycles. The molecule has 2 aliphatic rings. The van der Waals surface area contributed by atoms with Crippen LogP contribution in [0.15, 0.2) is 36.8 Å². The second kappa shape index (κ2) is 6.73. The van der Waals surface area contributed by atoms with E-state index in [1.54, 1.807) is 18.6 Å². The van der Waals surface area contributed by atoms with E-state index in [-0.39, 0.29) is 11.9 Å². The van der Waals surface area contributed by atoms with E-state index >= 15 is 0 Å². The first-order valence-electron chi connectivity index (χ1n) is 8.80. The monoisotopic (exact) mass is 325 g/mol. The van der Waals surface area contributed by atoms with Crippen LogP contribution in [0, 0.1) is 0 Å². The molecular formula is C18H23N5O. The van der Waals surface area contributed by atoms with Crippen molar-refractivity contribution in [3.8, 4) is 0 Å². The number of aromatic nitrogens is 3. The molecule has 1 atom stereocenters. The van der Waals surface area contributed by atoms with Crippen LogP contribution in [0.1, 0.15) is 53.8 Å². The smallest absolute Gasteiger partial charge is 0.272 e. The Bertz CT molecular complexity index is 692. The highest BCUT2D eigenvalue weighted by atomic mass is 16.2. The van der Waals surface area contributed by atoms with Gasteiger partial charge in [0.15, 0.2) is 0 Å².